The summed E-state index contributed by atoms with van der Waals surface area (Å²) in [5.41, 5.74) is 7.52. The topological polar surface area (TPSA) is 41.0 Å². The molecule has 0 aliphatic heterocycles. The van der Waals surface area contributed by atoms with Crippen LogP contribution < -0.4 is 5.43 Å². The summed E-state index contributed by atoms with van der Waals surface area (Å²) in [7, 11) is 0. The largest absolute Gasteiger partial charge is 0.247 e. The molecule has 1 unspecified atom stereocenters. The fraction of sp³-hybridized carbons (Fsp3) is 0.375. The maximum Gasteiger partial charge on any atom is 0.0894 e. The smallest absolute Gasteiger partial charge is 0.0894 e. The second-order valence-electron chi connectivity index (χ2n) is 4.97. The van der Waals surface area contributed by atoms with Gasteiger partial charge in [-0.1, -0.05) is 32.1 Å². The minimum atomic E-state index is 0.215. The van der Waals surface area contributed by atoms with Crippen molar-refractivity contribution in [2.75, 3.05) is 13.1 Å². The molecule has 1 aromatic carbocycles. The highest BCUT2D eigenvalue weighted by Gasteiger charge is 2.21. The third kappa shape index (κ3) is 2.44. The Bertz CT molecular complexity index is 631. The molecule has 1 aliphatic carbocycles. The van der Waals surface area contributed by atoms with Gasteiger partial charge in [0.15, 0.2) is 0 Å². The van der Waals surface area contributed by atoms with Crippen LogP contribution >= 0.6 is 0 Å². The molecule has 4 nitrogen and oxygen atoms in total. The first kappa shape index (κ1) is 13.2. The molecule has 1 N–H and O–H groups in total. The van der Waals surface area contributed by atoms with Gasteiger partial charge in [-0.25, -0.2) is 20.4 Å². The lowest BCUT2D eigenvalue weighted by molar-refractivity contribution is 0.172. The van der Waals surface area contributed by atoms with Gasteiger partial charge in [0, 0.05) is 13.1 Å². The average Bonchev–Trinajstić information content (AvgIpc) is 2.50. The Morgan fingerprint density at radius 2 is 1.85 bits per heavy atom. The van der Waals surface area contributed by atoms with Crippen LogP contribution in [0, 0.1) is 0 Å². The summed E-state index contributed by atoms with van der Waals surface area (Å²) in [6.45, 7) is 6.27. The number of hydrazine groups is 1. The molecule has 4 heteroatoms. The molecule has 1 atom stereocenters. The number of benzene rings is 1. The van der Waals surface area contributed by atoms with Crippen LogP contribution in [0.25, 0.3) is 17.1 Å². The van der Waals surface area contributed by atoms with Crippen LogP contribution in [0.4, 0.5) is 0 Å². The van der Waals surface area contributed by atoms with Crippen molar-refractivity contribution in [1.29, 1.82) is 0 Å². The molecule has 0 spiro atoms. The highest BCUT2D eigenvalue weighted by atomic mass is 15.5. The van der Waals surface area contributed by atoms with Crippen molar-refractivity contribution in [2.45, 2.75) is 26.3 Å². The predicted octanol–water partition coefficient (Wildman–Crippen LogP) is 2.93. The SMILES string of the molecule is CCN(CC)NC1CC=Cc2nc3ccccc3nc21. The molecule has 1 aromatic heterocycles. The Kier molecular flexibility index (Phi) is 3.76. The minimum Gasteiger partial charge on any atom is -0.247 e. The number of hydrogen-bond acceptors (Lipinski definition) is 4. The van der Waals surface area contributed by atoms with Gasteiger partial charge in [-0.05, 0) is 24.6 Å². The molecule has 0 saturated heterocycles. The normalized spacial score (nSPS) is 17.6. The molecule has 3 rings (SSSR count). The van der Waals surface area contributed by atoms with Gasteiger partial charge in [0.2, 0.25) is 0 Å². The summed E-state index contributed by atoms with van der Waals surface area (Å²) in [5.74, 6) is 0. The Balaban J connectivity index is 1.99. The van der Waals surface area contributed by atoms with E-state index in [4.69, 9.17) is 9.97 Å². The van der Waals surface area contributed by atoms with Crippen LogP contribution in [0.1, 0.15) is 37.7 Å². The summed E-state index contributed by atoms with van der Waals surface area (Å²) < 4.78 is 0. The lowest BCUT2D eigenvalue weighted by atomic mass is 10.0. The van der Waals surface area contributed by atoms with Gasteiger partial charge in [0.05, 0.1) is 28.5 Å². The Labute approximate surface area is 119 Å². The van der Waals surface area contributed by atoms with Crippen molar-refractivity contribution in [2.24, 2.45) is 0 Å². The molecule has 104 valence electrons. The molecule has 1 heterocycles. The number of nitrogens with one attached hydrogen (secondary N) is 1. The molecular weight excluding hydrogens is 248 g/mol. The predicted molar refractivity (Wildman–Crippen MR) is 82.0 cm³/mol. The lowest BCUT2D eigenvalue weighted by Gasteiger charge is -2.28. The highest BCUT2D eigenvalue weighted by molar-refractivity contribution is 5.76. The van der Waals surface area contributed by atoms with Crippen LogP contribution in [-0.2, 0) is 0 Å². The fourth-order valence-corrected chi connectivity index (χ4v) is 2.57. The summed E-state index contributed by atoms with van der Waals surface area (Å²) in [6, 6.07) is 8.26. The molecule has 0 bridgehead atoms. The minimum absolute atomic E-state index is 0.215. The molecule has 0 fully saturated rings. The first-order valence-electron chi connectivity index (χ1n) is 7.26. The Hall–Kier alpha value is -1.78. The van der Waals surface area contributed by atoms with Gasteiger partial charge in [0.1, 0.15) is 0 Å². The van der Waals surface area contributed by atoms with E-state index in [-0.39, 0.29) is 6.04 Å². The quantitative estimate of drug-likeness (QED) is 0.866. The Morgan fingerprint density at radius 1 is 1.15 bits per heavy atom. The fourth-order valence-electron chi connectivity index (χ4n) is 2.57. The van der Waals surface area contributed by atoms with E-state index in [9.17, 15) is 0 Å². The maximum absolute atomic E-state index is 4.82. The molecule has 2 aromatic rings. The second kappa shape index (κ2) is 5.69. The van der Waals surface area contributed by atoms with Crippen molar-refractivity contribution < 1.29 is 0 Å². The van der Waals surface area contributed by atoms with Crippen LogP contribution in [0.3, 0.4) is 0 Å². The van der Waals surface area contributed by atoms with Gasteiger partial charge in [-0.2, -0.15) is 0 Å². The van der Waals surface area contributed by atoms with Gasteiger partial charge in [0.25, 0.3) is 0 Å². The number of aromatic nitrogens is 2. The molecule has 1 aliphatic rings. The zero-order chi connectivity index (χ0) is 13.9. The molecule has 20 heavy (non-hydrogen) atoms. The van der Waals surface area contributed by atoms with E-state index in [2.05, 4.69) is 36.4 Å². The Morgan fingerprint density at radius 3 is 2.55 bits per heavy atom. The molecule has 0 radical (unpaired) electrons. The van der Waals surface area contributed by atoms with Crippen molar-refractivity contribution in [3.63, 3.8) is 0 Å². The van der Waals surface area contributed by atoms with Gasteiger partial charge in [-0.3, -0.25) is 0 Å². The summed E-state index contributed by atoms with van der Waals surface area (Å²) in [5, 5.41) is 2.21. The number of para-hydroxylation sites is 2. The molecule has 0 amide bonds. The zero-order valence-electron chi connectivity index (χ0n) is 12.0. The lowest BCUT2D eigenvalue weighted by Crippen LogP contribution is -2.41. The summed E-state index contributed by atoms with van der Waals surface area (Å²) in [6.07, 6.45) is 5.21. The zero-order valence-corrected chi connectivity index (χ0v) is 12.0. The van der Waals surface area contributed by atoms with Crippen molar-refractivity contribution in [3.8, 4) is 0 Å². The number of nitrogens with zero attached hydrogens (tertiary/aromatic N) is 3. The maximum atomic E-state index is 4.82. The van der Waals surface area contributed by atoms with Gasteiger partial charge < -0.3 is 0 Å². The summed E-state index contributed by atoms with van der Waals surface area (Å²) in [4.78, 5) is 9.53. The van der Waals surface area contributed by atoms with Gasteiger partial charge >= 0.3 is 0 Å². The molecule has 0 saturated carbocycles. The highest BCUT2D eigenvalue weighted by Crippen LogP contribution is 2.27. The van der Waals surface area contributed by atoms with Crippen LogP contribution in [-0.4, -0.2) is 28.1 Å². The standard InChI is InChI=1S/C16H20N4/c1-3-20(4-2)19-15-11-7-10-14-16(15)18-13-9-6-5-8-12(13)17-14/h5-10,15,19H,3-4,11H2,1-2H3. The molecular formula is C16H20N4. The van der Waals surface area contributed by atoms with Crippen molar-refractivity contribution in [3.05, 3.63) is 41.7 Å². The third-order valence-corrected chi connectivity index (χ3v) is 3.71. The average molecular weight is 268 g/mol. The van der Waals surface area contributed by atoms with Gasteiger partial charge in [-0.15, -0.1) is 0 Å². The first-order valence-corrected chi connectivity index (χ1v) is 7.26. The van der Waals surface area contributed by atoms with E-state index in [0.29, 0.717) is 0 Å². The van der Waals surface area contributed by atoms with E-state index in [1.54, 1.807) is 0 Å². The number of rotatable bonds is 4. The van der Waals surface area contributed by atoms with Crippen LogP contribution in [0.2, 0.25) is 0 Å². The first-order chi connectivity index (χ1) is 9.81. The van der Waals surface area contributed by atoms with E-state index in [1.165, 1.54) is 0 Å². The second-order valence-corrected chi connectivity index (χ2v) is 4.97. The van der Waals surface area contributed by atoms with Crippen molar-refractivity contribution in [1.82, 2.24) is 20.4 Å². The van der Waals surface area contributed by atoms with E-state index < -0.39 is 0 Å². The monoisotopic (exact) mass is 268 g/mol. The third-order valence-electron chi connectivity index (χ3n) is 3.71. The van der Waals surface area contributed by atoms with Crippen molar-refractivity contribution >= 4 is 17.1 Å². The van der Waals surface area contributed by atoms with E-state index in [0.717, 1.165) is 41.9 Å². The van der Waals surface area contributed by atoms with E-state index in [1.807, 2.05) is 24.3 Å². The number of hydrogen-bond donors (Lipinski definition) is 1. The van der Waals surface area contributed by atoms with Crippen LogP contribution in [0.15, 0.2) is 30.3 Å². The number of fused-ring (bicyclic) bond motifs is 2. The summed E-state index contributed by atoms with van der Waals surface area (Å²) >= 11 is 0. The van der Waals surface area contributed by atoms with Crippen LogP contribution in [0.5, 0.6) is 0 Å². The van der Waals surface area contributed by atoms with E-state index >= 15 is 0 Å².